The highest BCUT2D eigenvalue weighted by molar-refractivity contribution is 5.78. The molecule has 1 unspecified atom stereocenters. The first kappa shape index (κ1) is 11.9. The monoisotopic (exact) mass is 260 g/mol. The molecule has 1 atom stereocenters. The lowest BCUT2D eigenvalue weighted by atomic mass is 10.1. The Balaban J connectivity index is 2.01. The molecule has 0 bridgehead atoms. The van der Waals surface area contributed by atoms with Crippen molar-refractivity contribution in [2.24, 2.45) is 0 Å². The molecule has 1 N–H and O–H groups in total. The minimum absolute atomic E-state index is 0.298. The van der Waals surface area contributed by atoms with Gasteiger partial charge in [-0.25, -0.2) is 8.78 Å². The van der Waals surface area contributed by atoms with Crippen LogP contribution in [0.25, 0.3) is 11.0 Å². The molecular formula is C15H10F2O2. The van der Waals surface area contributed by atoms with E-state index in [0.717, 1.165) is 0 Å². The molecule has 3 rings (SSSR count). The zero-order valence-electron chi connectivity index (χ0n) is 9.81. The Hall–Kier alpha value is -2.20. The minimum Gasteiger partial charge on any atom is -0.458 e. The Kier molecular flexibility index (Phi) is 2.80. The van der Waals surface area contributed by atoms with Crippen molar-refractivity contribution in [2.75, 3.05) is 0 Å². The van der Waals surface area contributed by atoms with Crippen LogP contribution in [0.5, 0.6) is 0 Å². The molecule has 1 aromatic heterocycles. The average molecular weight is 260 g/mol. The van der Waals surface area contributed by atoms with Gasteiger partial charge in [-0.1, -0.05) is 12.1 Å². The summed E-state index contributed by atoms with van der Waals surface area (Å²) in [6.45, 7) is 0. The normalized spacial score (nSPS) is 12.8. The van der Waals surface area contributed by atoms with Crippen molar-refractivity contribution in [3.8, 4) is 0 Å². The highest BCUT2D eigenvalue weighted by Gasteiger charge is 2.15. The van der Waals surface area contributed by atoms with Gasteiger partial charge in [-0.3, -0.25) is 0 Å². The third-order valence-electron chi connectivity index (χ3n) is 2.95. The molecule has 3 aromatic rings. The summed E-state index contributed by atoms with van der Waals surface area (Å²) < 4.78 is 31.3. The van der Waals surface area contributed by atoms with E-state index in [1.165, 1.54) is 42.5 Å². The molecule has 0 aliphatic rings. The smallest absolute Gasteiger partial charge is 0.138 e. The minimum atomic E-state index is -1.00. The molecule has 0 fully saturated rings. The maximum absolute atomic E-state index is 13.1. The number of rotatable bonds is 2. The summed E-state index contributed by atoms with van der Waals surface area (Å²) in [5.74, 6) is -0.439. The lowest BCUT2D eigenvalue weighted by Crippen LogP contribution is -1.97. The fraction of sp³-hybridized carbons (Fsp3) is 0.0667. The number of aliphatic hydroxyl groups is 1. The maximum atomic E-state index is 13.1. The lowest BCUT2D eigenvalue weighted by molar-refractivity contribution is 0.192. The second-order valence-corrected chi connectivity index (χ2v) is 4.29. The molecule has 96 valence electrons. The van der Waals surface area contributed by atoms with Crippen molar-refractivity contribution in [3.05, 3.63) is 71.5 Å². The van der Waals surface area contributed by atoms with Gasteiger partial charge < -0.3 is 9.52 Å². The van der Waals surface area contributed by atoms with E-state index >= 15 is 0 Å². The van der Waals surface area contributed by atoms with E-state index in [0.29, 0.717) is 22.3 Å². The molecule has 0 aliphatic carbocycles. The van der Waals surface area contributed by atoms with E-state index in [9.17, 15) is 13.9 Å². The summed E-state index contributed by atoms with van der Waals surface area (Å²) in [6.07, 6.45) is -1.00. The number of hydrogen-bond acceptors (Lipinski definition) is 2. The van der Waals surface area contributed by atoms with Crippen molar-refractivity contribution in [1.29, 1.82) is 0 Å². The third kappa shape index (κ3) is 2.22. The second kappa shape index (κ2) is 4.48. The molecule has 0 saturated heterocycles. The van der Waals surface area contributed by atoms with E-state index in [1.807, 2.05) is 0 Å². The third-order valence-corrected chi connectivity index (χ3v) is 2.95. The summed E-state index contributed by atoms with van der Waals surface area (Å²) in [5.41, 5.74) is 1.01. The summed E-state index contributed by atoms with van der Waals surface area (Å²) >= 11 is 0. The fourth-order valence-corrected chi connectivity index (χ4v) is 1.98. The number of hydrogen-bond donors (Lipinski definition) is 1. The van der Waals surface area contributed by atoms with Gasteiger partial charge in [0.25, 0.3) is 0 Å². The van der Waals surface area contributed by atoms with Crippen molar-refractivity contribution in [2.45, 2.75) is 6.10 Å². The molecule has 0 radical (unpaired) electrons. The number of furan rings is 1. The van der Waals surface area contributed by atoms with Gasteiger partial charge in [0.05, 0.1) is 0 Å². The first-order chi connectivity index (χ1) is 9.13. The summed E-state index contributed by atoms with van der Waals surface area (Å²) in [4.78, 5) is 0. The van der Waals surface area contributed by atoms with Crippen LogP contribution in [0.15, 0.2) is 52.9 Å². The van der Waals surface area contributed by atoms with Crippen LogP contribution in [0.4, 0.5) is 8.78 Å². The van der Waals surface area contributed by atoms with E-state index in [4.69, 9.17) is 4.42 Å². The molecule has 1 heterocycles. The van der Waals surface area contributed by atoms with Crippen LogP contribution < -0.4 is 0 Å². The van der Waals surface area contributed by atoms with Gasteiger partial charge in [0, 0.05) is 5.39 Å². The number of aliphatic hydroxyl groups excluding tert-OH is 1. The average Bonchev–Trinajstić information content (AvgIpc) is 2.81. The predicted molar refractivity (Wildman–Crippen MR) is 66.6 cm³/mol. The predicted octanol–water partition coefficient (Wildman–Crippen LogP) is 3.79. The molecule has 4 heteroatoms. The molecule has 0 aliphatic heterocycles. The van der Waals surface area contributed by atoms with Gasteiger partial charge in [-0.2, -0.15) is 0 Å². The Bertz CT molecular complexity index is 717. The topological polar surface area (TPSA) is 33.4 Å². The van der Waals surface area contributed by atoms with Crippen LogP contribution in [-0.2, 0) is 0 Å². The zero-order valence-corrected chi connectivity index (χ0v) is 9.81. The van der Waals surface area contributed by atoms with Gasteiger partial charge in [0.15, 0.2) is 0 Å². The van der Waals surface area contributed by atoms with Crippen molar-refractivity contribution >= 4 is 11.0 Å². The summed E-state index contributed by atoms with van der Waals surface area (Å²) in [5, 5.41) is 10.7. The molecule has 0 saturated carbocycles. The molecule has 0 amide bonds. The Morgan fingerprint density at radius 2 is 1.58 bits per heavy atom. The van der Waals surface area contributed by atoms with Gasteiger partial charge in [0.2, 0.25) is 0 Å². The second-order valence-electron chi connectivity index (χ2n) is 4.29. The van der Waals surface area contributed by atoms with Crippen LogP contribution in [0.1, 0.15) is 17.4 Å². The van der Waals surface area contributed by atoms with Crippen molar-refractivity contribution in [3.63, 3.8) is 0 Å². The van der Waals surface area contributed by atoms with Gasteiger partial charge >= 0.3 is 0 Å². The summed E-state index contributed by atoms with van der Waals surface area (Å²) in [6, 6.07) is 11.2. The van der Waals surface area contributed by atoms with Crippen LogP contribution in [0.2, 0.25) is 0 Å². The summed E-state index contributed by atoms with van der Waals surface area (Å²) in [7, 11) is 0. The SMILES string of the molecule is OC(c1ccc(F)cc1)c1cc2cc(F)ccc2o1. The highest BCUT2D eigenvalue weighted by atomic mass is 19.1. The Labute approximate surface area is 107 Å². The number of benzene rings is 2. The van der Waals surface area contributed by atoms with Crippen LogP contribution in [0, 0.1) is 11.6 Å². The van der Waals surface area contributed by atoms with Crippen LogP contribution >= 0.6 is 0 Å². The molecule has 2 aromatic carbocycles. The lowest BCUT2D eigenvalue weighted by Gasteiger charge is -2.07. The Morgan fingerprint density at radius 3 is 2.32 bits per heavy atom. The quantitative estimate of drug-likeness (QED) is 0.760. The number of halogens is 2. The maximum Gasteiger partial charge on any atom is 0.138 e. The molecule has 19 heavy (non-hydrogen) atoms. The van der Waals surface area contributed by atoms with E-state index in [1.54, 1.807) is 6.07 Å². The first-order valence-corrected chi connectivity index (χ1v) is 5.76. The van der Waals surface area contributed by atoms with Crippen LogP contribution in [-0.4, -0.2) is 5.11 Å². The zero-order chi connectivity index (χ0) is 13.4. The van der Waals surface area contributed by atoms with Gasteiger partial charge in [-0.05, 0) is 42.0 Å². The first-order valence-electron chi connectivity index (χ1n) is 5.76. The van der Waals surface area contributed by atoms with Crippen LogP contribution in [0.3, 0.4) is 0 Å². The highest BCUT2D eigenvalue weighted by Crippen LogP contribution is 2.28. The van der Waals surface area contributed by atoms with E-state index in [2.05, 4.69) is 0 Å². The standard InChI is InChI=1S/C15H10F2O2/c16-11-3-1-9(2-4-11)15(18)14-8-10-7-12(17)5-6-13(10)19-14/h1-8,15,18H. The van der Waals surface area contributed by atoms with E-state index < -0.39 is 6.10 Å². The van der Waals surface area contributed by atoms with Gasteiger partial charge in [0.1, 0.15) is 29.1 Å². The van der Waals surface area contributed by atoms with Crippen molar-refractivity contribution in [1.82, 2.24) is 0 Å². The van der Waals surface area contributed by atoms with Crippen molar-refractivity contribution < 1.29 is 18.3 Å². The van der Waals surface area contributed by atoms with E-state index in [-0.39, 0.29) is 11.6 Å². The molecular weight excluding hydrogens is 250 g/mol. The van der Waals surface area contributed by atoms with Gasteiger partial charge in [-0.15, -0.1) is 0 Å². The fourth-order valence-electron chi connectivity index (χ4n) is 1.98. The molecule has 0 spiro atoms. The molecule has 2 nitrogen and oxygen atoms in total. The number of fused-ring (bicyclic) bond motifs is 1. The largest absolute Gasteiger partial charge is 0.458 e. The Morgan fingerprint density at radius 1 is 0.895 bits per heavy atom.